The number of alkyl halides is 6. The third-order valence-electron chi connectivity index (χ3n) is 7.99. The molecule has 17 heteroatoms. The molecule has 2 aromatic heterocycles. The molecule has 5 rings (SSSR count). The molecule has 2 aliphatic rings. The minimum absolute atomic E-state index is 0.0106. The first-order valence-electron chi connectivity index (χ1n) is 14.3. The maximum absolute atomic E-state index is 14.6. The van der Waals surface area contributed by atoms with Gasteiger partial charge in [-0.2, -0.15) is 31.4 Å². The molecule has 0 unspecified atom stereocenters. The van der Waals surface area contributed by atoms with E-state index >= 15 is 0 Å². The Balaban J connectivity index is 1.46. The van der Waals surface area contributed by atoms with Crippen molar-refractivity contribution in [2.45, 2.75) is 82.7 Å². The van der Waals surface area contributed by atoms with Gasteiger partial charge in [0.25, 0.3) is 5.91 Å². The largest absolute Gasteiger partial charge is 0.416 e. The van der Waals surface area contributed by atoms with Crippen LogP contribution < -0.4 is 10.6 Å². The van der Waals surface area contributed by atoms with Gasteiger partial charge in [0.15, 0.2) is 17.1 Å². The summed E-state index contributed by atoms with van der Waals surface area (Å²) in [6.07, 6.45) is -7.10. The zero-order valence-corrected chi connectivity index (χ0v) is 24.7. The number of ether oxygens (including phenoxy) is 1. The Kier molecular flexibility index (Phi) is 8.29. The molecule has 3 heterocycles. The molecule has 45 heavy (non-hydrogen) atoms. The Hall–Kier alpha value is -3.89. The van der Waals surface area contributed by atoms with Crippen LogP contribution in [0.1, 0.15) is 80.5 Å². The maximum atomic E-state index is 14.6. The first-order valence-corrected chi connectivity index (χ1v) is 14.3. The Bertz CT molecular complexity index is 1580. The molecule has 1 saturated heterocycles. The molecule has 2 fully saturated rings. The SMILES string of the molecule is CC(C)n1ncc(F)c1C(=O)N[C@@H](COC(C)(C)C(F)(F)F)c1nc2cc([C@@H](C3CC3)N3C[C@@H](C(F)(F)F)NC3=O)ccc2[nH]1. The van der Waals surface area contributed by atoms with Crippen molar-refractivity contribution in [1.29, 1.82) is 0 Å². The number of aromatic amines is 1. The average molecular weight is 648 g/mol. The summed E-state index contributed by atoms with van der Waals surface area (Å²) in [6, 6.07) is -0.436. The molecule has 1 aliphatic heterocycles. The standard InChI is InChI=1S/C28H32F7N7O3/c1-13(2)42-22(16(29)10-36-42)24(43)39-19(12-45-26(3,4)28(33,34)35)23-37-17-8-7-15(9-18(17)38-23)21(14-5-6-14)41-11-20(27(30,31)32)40-25(41)44/h7-10,13-14,19-21H,5-6,11-12H2,1-4H3,(H,37,38)(H,39,43)(H,40,44)/t19-,20-,21+/m0/s1. The number of carbonyl (C=O) groups excluding carboxylic acids is 2. The van der Waals surface area contributed by atoms with Gasteiger partial charge in [-0.1, -0.05) is 6.07 Å². The lowest BCUT2D eigenvalue weighted by Crippen LogP contribution is -2.44. The number of imidazole rings is 1. The highest BCUT2D eigenvalue weighted by Crippen LogP contribution is 2.46. The van der Waals surface area contributed by atoms with Crippen molar-refractivity contribution in [1.82, 2.24) is 35.3 Å². The monoisotopic (exact) mass is 647 g/mol. The van der Waals surface area contributed by atoms with Crippen LogP contribution in [-0.4, -0.2) is 73.7 Å². The molecule has 0 spiro atoms. The molecule has 1 aromatic carbocycles. The number of urea groups is 1. The number of H-pyrrole nitrogens is 1. The zero-order valence-electron chi connectivity index (χ0n) is 24.7. The van der Waals surface area contributed by atoms with Gasteiger partial charge in [-0.05, 0) is 64.2 Å². The van der Waals surface area contributed by atoms with E-state index in [0.717, 1.165) is 29.6 Å². The number of carbonyl (C=O) groups is 2. The Morgan fingerprint density at radius 1 is 1.16 bits per heavy atom. The molecule has 0 bridgehead atoms. The van der Waals surface area contributed by atoms with E-state index < -0.39 is 78.7 Å². The van der Waals surface area contributed by atoms with Crippen LogP contribution in [0.3, 0.4) is 0 Å². The van der Waals surface area contributed by atoms with E-state index in [1.165, 1.54) is 0 Å². The van der Waals surface area contributed by atoms with Crippen LogP contribution >= 0.6 is 0 Å². The second-order valence-corrected chi connectivity index (χ2v) is 12.1. The number of aromatic nitrogens is 4. The normalized spacial score (nSPS) is 19.3. The Labute approximate surface area is 252 Å². The van der Waals surface area contributed by atoms with E-state index in [9.17, 15) is 40.3 Å². The molecule has 3 aromatic rings. The van der Waals surface area contributed by atoms with E-state index in [1.807, 2.05) is 5.32 Å². The van der Waals surface area contributed by atoms with Crippen molar-refractivity contribution in [2.75, 3.05) is 13.2 Å². The van der Waals surface area contributed by atoms with Crippen molar-refractivity contribution >= 4 is 23.0 Å². The van der Waals surface area contributed by atoms with E-state index in [4.69, 9.17) is 4.74 Å². The molecule has 1 saturated carbocycles. The quantitative estimate of drug-likeness (QED) is 0.244. The molecule has 3 N–H and O–H groups in total. The van der Waals surface area contributed by atoms with E-state index in [2.05, 4.69) is 20.4 Å². The molecule has 3 amide bonds. The molecule has 1 aliphatic carbocycles. The lowest BCUT2D eigenvalue weighted by atomic mass is 10.00. The molecule has 246 valence electrons. The minimum Gasteiger partial charge on any atom is -0.364 e. The highest BCUT2D eigenvalue weighted by atomic mass is 19.4. The van der Waals surface area contributed by atoms with Crippen molar-refractivity contribution in [3.63, 3.8) is 0 Å². The molecular formula is C28H32F7N7O3. The van der Waals surface area contributed by atoms with Crippen molar-refractivity contribution in [3.05, 3.63) is 47.3 Å². The number of hydrogen-bond donors (Lipinski definition) is 3. The number of rotatable bonds is 10. The van der Waals surface area contributed by atoms with Gasteiger partial charge < -0.3 is 25.3 Å². The summed E-state index contributed by atoms with van der Waals surface area (Å²) in [6.45, 7) is 3.70. The average Bonchev–Trinajstić information content (AvgIpc) is 3.34. The second kappa shape index (κ2) is 11.5. The third-order valence-corrected chi connectivity index (χ3v) is 7.99. The van der Waals surface area contributed by atoms with Crippen molar-refractivity contribution in [3.8, 4) is 0 Å². The van der Waals surface area contributed by atoms with Gasteiger partial charge in [0, 0.05) is 6.04 Å². The first-order chi connectivity index (χ1) is 20.9. The minimum atomic E-state index is -4.75. The molecular weight excluding hydrogens is 615 g/mol. The highest BCUT2D eigenvalue weighted by Gasteiger charge is 2.51. The first kappa shape index (κ1) is 32.5. The van der Waals surface area contributed by atoms with Gasteiger partial charge in [0.2, 0.25) is 0 Å². The number of amides is 3. The lowest BCUT2D eigenvalue weighted by molar-refractivity contribution is -0.265. The number of fused-ring (bicyclic) bond motifs is 1. The summed E-state index contributed by atoms with van der Waals surface area (Å²) in [5.74, 6) is -1.98. The smallest absolute Gasteiger partial charge is 0.364 e. The van der Waals surface area contributed by atoms with Gasteiger partial charge in [0.1, 0.15) is 17.9 Å². The number of nitrogens with one attached hydrogen (secondary N) is 3. The zero-order chi connectivity index (χ0) is 33.1. The van der Waals surface area contributed by atoms with Crippen LogP contribution in [0.2, 0.25) is 0 Å². The fraction of sp³-hybridized carbons (Fsp3) is 0.571. The van der Waals surface area contributed by atoms with Crippen molar-refractivity contribution < 1.29 is 45.1 Å². The number of benzene rings is 1. The van der Waals surface area contributed by atoms with Crippen LogP contribution in [0.5, 0.6) is 0 Å². The maximum Gasteiger partial charge on any atom is 0.416 e. The van der Waals surface area contributed by atoms with Crippen LogP contribution in [0.25, 0.3) is 11.0 Å². The van der Waals surface area contributed by atoms with Gasteiger partial charge in [-0.15, -0.1) is 0 Å². The van der Waals surface area contributed by atoms with Gasteiger partial charge in [0.05, 0.1) is 36.4 Å². The van der Waals surface area contributed by atoms with Crippen LogP contribution in [0.15, 0.2) is 24.4 Å². The van der Waals surface area contributed by atoms with Crippen molar-refractivity contribution in [2.24, 2.45) is 5.92 Å². The Morgan fingerprint density at radius 3 is 2.42 bits per heavy atom. The van der Waals surface area contributed by atoms with Gasteiger partial charge in [-0.3, -0.25) is 9.48 Å². The summed E-state index contributed by atoms with van der Waals surface area (Å²) < 4.78 is 102. The van der Waals surface area contributed by atoms with Crippen LogP contribution in [0.4, 0.5) is 35.5 Å². The fourth-order valence-corrected chi connectivity index (χ4v) is 5.23. The summed E-state index contributed by atoms with van der Waals surface area (Å²) in [4.78, 5) is 34.4. The van der Waals surface area contributed by atoms with E-state index in [0.29, 0.717) is 23.9 Å². The molecule has 0 radical (unpaired) electrons. The van der Waals surface area contributed by atoms with Crippen LogP contribution in [0, 0.1) is 11.7 Å². The fourth-order valence-electron chi connectivity index (χ4n) is 5.23. The summed E-state index contributed by atoms with van der Waals surface area (Å²) in [7, 11) is 0. The number of nitrogens with zero attached hydrogens (tertiary/aromatic N) is 4. The van der Waals surface area contributed by atoms with E-state index in [1.54, 1.807) is 32.0 Å². The molecule has 3 atom stereocenters. The number of halogens is 7. The summed E-state index contributed by atoms with van der Waals surface area (Å²) >= 11 is 0. The summed E-state index contributed by atoms with van der Waals surface area (Å²) in [5, 5.41) is 8.34. The summed E-state index contributed by atoms with van der Waals surface area (Å²) in [5.41, 5.74) is -1.83. The van der Waals surface area contributed by atoms with Gasteiger partial charge >= 0.3 is 18.4 Å². The third kappa shape index (κ3) is 6.58. The molecule has 10 nitrogen and oxygen atoms in total. The topological polar surface area (TPSA) is 117 Å². The van der Waals surface area contributed by atoms with Gasteiger partial charge in [-0.25, -0.2) is 14.2 Å². The Morgan fingerprint density at radius 2 is 1.84 bits per heavy atom. The van der Waals surface area contributed by atoms with Crippen LogP contribution in [-0.2, 0) is 4.74 Å². The lowest BCUT2D eigenvalue weighted by Gasteiger charge is -2.30. The predicted octanol–water partition coefficient (Wildman–Crippen LogP) is 5.72. The second-order valence-electron chi connectivity index (χ2n) is 12.1. The predicted molar refractivity (Wildman–Crippen MR) is 146 cm³/mol. The van der Waals surface area contributed by atoms with E-state index in [-0.39, 0.29) is 17.3 Å². The number of hydrogen-bond acceptors (Lipinski definition) is 5. The highest BCUT2D eigenvalue weighted by molar-refractivity contribution is 5.93.